The van der Waals surface area contributed by atoms with E-state index in [2.05, 4.69) is 12.2 Å². The van der Waals surface area contributed by atoms with Gasteiger partial charge in [-0.3, -0.25) is 4.79 Å². The molecule has 0 spiro atoms. The van der Waals surface area contributed by atoms with Crippen LogP contribution in [0.4, 0.5) is 0 Å². The van der Waals surface area contributed by atoms with Crippen LogP contribution in [0, 0.1) is 5.92 Å². The Balaban J connectivity index is 2.63. The summed E-state index contributed by atoms with van der Waals surface area (Å²) in [5.74, 6) is -0.262. The van der Waals surface area contributed by atoms with Gasteiger partial charge in [0, 0.05) is 33.2 Å². The smallest absolute Gasteiger partial charge is 0.281 e. The average molecular weight is 305 g/mol. The van der Waals surface area contributed by atoms with Gasteiger partial charge in [0.25, 0.3) is 10.2 Å². The third kappa shape index (κ3) is 4.43. The number of hydrogen-bond donors (Lipinski definition) is 1. The van der Waals surface area contributed by atoms with E-state index in [4.69, 9.17) is 0 Å². The van der Waals surface area contributed by atoms with Crippen LogP contribution in [0.1, 0.15) is 39.5 Å². The van der Waals surface area contributed by atoms with Crippen LogP contribution in [0.3, 0.4) is 0 Å². The zero-order valence-corrected chi connectivity index (χ0v) is 13.7. The first-order valence-electron chi connectivity index (χ1n) is 7.27. The second-order valence-corrected chi connectivity index (χ2v) is 7.83. The molecule has 0 aromatic heterocycles. The molecule has 1 fully saturated rings. The second-order valence-electron chi connectivity index (χ2n) is 5.69. The summed E-state index contributed by atoms with van der Waals surface area (Å²) in [5, 5.41) is 2.98. The van der Waals surface area contributed by atoms with Crippen LogP contribution in [0.25, 0.3) is 0 Å². The van der Waals surface area contributed by atoms with E-state index in [-0.39, 0.29) is 24.4 Å². The molecule has 1 amide bonds. The predicted octanol–water partition coefficient (Wildman–Crippen LogP) is 0.810. The fraction of sp³-hybridized carbons (Fsp3) is 0.923. The van der Waals surface area contributed by atoms with Crippen LogP contribution in [-0.4, -0.2) is 56.2 Å². The van der Waals surface area contributed by atoms with Crippen molar-refractivity contribution < 1.29 is 13.2 Å². The summed E-state index contributed by atoms with van der Waals surface area (Å²) in [5.41, 5.74) is 0. The molecule has 0 bridgehead atoms. The molecular weight excluding hydrogens is 278 g/mol. The predicted molar refractivity (Wildman–Crippen MR) is 79.4 cm³/mol. The van der Waals surface area contributed by atoms with Crippen molar-refractivity contribution in [1.82, 2.24) is 13.9 Å². The van der Waals surface area contributed by atoms with E-state index in [1.165, 1.54) is 22.7 Å². The van der Waals surface area contributed by atoms with Gasteiger partial charge in [-0.25, -0.2) is 0 Å². The van der Waals surface area contributed by atoms with Crippen LogP contribution in [0.15, 0.2) is 0 Å². The number of amides is 1. The van der Waals surface area contributed by atoms with E-state index < -0.39 is 10.2 Å². The van der Waals surface area contributed by atoms with Crippen LogP contribution in [0.5, 0.6) is 0 Å². The third-order valence-corrected chi connectivity index (χ3v) is 5.56. The Kier molecular flexibility index (Phi) is 6.42. The molecular formula is C13H27N3O3S. The molecule has 0 aliphatic carbocycles. The second kappa shape index (κ2) is 7.38. The molecule has 1 rings (SSSR count). The monoisotopic (exact) mass is 305 g/mol. The molecule has 0 aromatic rings. The summed E-state index contributed by atoms with van der Waals surface area (Å²) in [6.45, 7) is 4.84. The first kappa shape index (κ1) is 17.4. The Morgan fingerprint density at radius 2 is 2.10 bits per heavy atom. The number of rotatable bonds is 6. The van der Waals surface area contributed by atoms with Crippen molar-refractivity contribution >= 4 is 16.1 Å². The SMILES string of the molecule is CCC[C@H](C)NC(=O)[C@H]1CCCN(S(=O)(=O)N(C)C)C1. The zero-order valence-electron chi connectivity index (χ0n) is 12.9. The molecule has 2 atom stereocenters. The minimum Gasteiger partial charge on any atom is -0.353 e. The van der Waals surface area contributed by atoms with Crippen molar-refractivity contribution in [2.75, 3.05) is 27.2 Å². The fourth-order valence-corrected chi connectivity index (χ4v) is 3.65. The Bertz CT molecular complexity index is 423. The van der Waals surface area contributed by atoms with Gasteiger partial charge in [0.15, 0.2) is 0 Å². The van der Waals surface area contributed by atoms with Crippen molar-refractivity contribution in [1.29, 1.82) is 0 Å². The van der Waals surface area contributed by atoms with Gasteiger partial charge in [-0.1, -0.05) is 13.3 Å². The van der Waals surface area contributed by atoms with Crippen molar-refractivity contribution in [2.45, 2.75) is 45.6 Å². The largest absolute Gasteiger partial charge is 0.353 e. The molecule has 0 saturated carbocycles. The molecule has 7 heteroatoms. The minimum atomic E-state index is -3.42. The van der Waals surface area contributed by atoms with E-state index in [9.17, 15) is 13.2 Å². The molecule has 118 valence electrons. The van der Waals surface area contributed by atoms with Crippen molar-refractivity contribution in [2.24, 2.45) is 5.92 Å². The molecule has 1 aliphatic rings. The lowest BCUT2D eigenvalue weighted by Crippen LogP contribution is -2.49. The Hall–Kier alpha value is -0.660. The lowest BCUT2D eigenvalue weighted by atomic mass is 9.98. The molecule has 1 heterocycles. The topological polar surface area (TPSA) is 69.7 Å². The number of nitrogens with one attached hydrogen (secondary N) is 1. The normalized spacial score (nSPS) is 22.8. The number of nitrogens with zero attached hydrogens (tertiary/aromatic N) is 2. The Morgan fingerprint density at radius 1 is 1.45 bits per heavy atom. The highest BCUT2D eigenvalue weighted by Crippen LogP contribution is 2.20. The number of hydrogen-bond acceptors (Lipinski definition) is 3. The van der Waals surface area contributed by atoms with Crippen molar-refractivity contribution in [3.05, 3.63) is 0 Å². The molecule has 0 radical (unpaired) electrons. The molecule has 0 unspecified atom stereocenters. The number of piperidine rings is 1. The van der Waals surface area contributed by atoms with Gasteiger partial charge in [0.1, 0.15) is 0 Å². The van der Waals surface area contributed by atoms with Gasteiger partial charge in [-0.05, 0) is 26.2 Å². The average Bonchev–Trinajstić information content (AvgIpc) is 2.38. The van der Waals surface area contributed by atoms with Crippen LogP contribution < -0.4 is 5.32 Å². The molecule has 20 heavy (non-hydrogen) atoms. The maximum absolute atomic E-state index is 12.2. The van der Waals surface area contributed by atoms with Gasteiger partial charge in [0.05, 0.1) is 5.92 Å². The quantitative estimate of drug-likeness (QED) is 0.789. The molecule has 0 aromatic carbocycles. The van der Waals surface area contributed by atoms with Gasteiger partial charge >= 0.3 is 0 Å². The summed E-state index contributed by atoms with van der Waals surface area (Å²) in [4.78, 5) is 12.2. The lowest BCUT2D eigenvalue weighted by molar-refractivity contribution is -0.126. The summed E-state index contributed by atoms with van der Waals surface area (Å²) in [6, 6.07) is 0.147. The summed E-state index contributed by atoms with van der Waals surface area (Å²) in [6.07, 6.45) is 3.45. The fourth-order valence-electron chi connectivity index (χ4n) is 2.46. The highest BCUT2D eigenvalue weighted by atomic mass is 32.2. The standard InChI is InChI=1S/C13H27N3O3S/c1-5-7-11(2)14-13(17)12-8-6-9-16(10-12)20(18,19)15(3)4/h11-12H,5-10H2,1-4H3,(H,14,17)/t11-,12-/m0/s1. The minimum absolute atomic E-state index is 0.0235. The highest BCUT2D eigenvalue weighted by Gasteiger charge is 2.33. The summed E-state index contributed by atoms with van der Waals surface area (Å²) < 4.78 is 26.8. The zero-order chi connectivity index (χ0) is 15.3. The third-order valence-electron chi connectivity index (χ3n) is 3.65. The summed E-state index contributed by atoms with van der Waals surface area (Å²) in [7, 11) is -0.386. The molecule has 1 aliphatic heterocycles. The van der Waals surface area contributed by atoms with Gasteiger partial charge in [0.2, 0.25) is 5.91 Å². The van der Waals surface area contributed by atoms with Crippen molar-refractivity contribution in [3.8, 4) is 0 Å². The van der Waals surface area contributed by atoms with E-state index >= 15 is 0 Å². The Morgan fingerprint density at radius 3 is 2.65 bits per heavy atom. The maximum Gasteiger partial charge on any atom is 0.281 e. The van der Waals surface area contributed by atoms with Crippen LogP contribution in [-0.2, 0) is 15.0 Å². The summed E-state index contributed by atoms with van der Waals surface area (Å²) >= 11 is 0. The molecule has 1 N–H and O–H groups in total. The van der Waals surface area contributed by atoms with Gasteiger partial charge in [-0.15, -0.1) is 0 Å². The first-order valence-corrected chi connectivity index (χ1v) is 8.66. The van der Waals surface area contributed by atoms with Gasteiger partial charge < -0.3 is 5.32 Å². The van der Waals surface area contributed by atoms with E-state index in [0.717, 1.165) is 25.7 Å². The molecule has 1 saturated heterocycles. The number of carbonyl (C=O) groups is 1. The number of carbonyl (C=O) groups excluding carboxylic acids is 1. The van der Waals surface area contributed by atoms with E-state index in [1.807, 2.05) is 6.92 Å². The van der Waals surface area contributed by atoms with Crippen molar-refractivity contribution in [3.63, 3.8) is 0 Å². The Labute approximate surface area is 122 Å². The first-order chi connectivity index (χ1) is 9.28. The molecule has 6 nitrogen and oxygen atoms in total. The van der Waals surface area contributed by atoms with Gasteiger partial charge in [-0.2, -0.15) is 17.0 Å². The van der Waals surface area contributed by atoms with E-state index in [1.54, 1.807) is 0 Å². The van der Waals surface area contributed by atoms with Crippen LogP contribution >= 0.6 is 0 Å². The lowest BCUT2D eigenvalue weighted by Gasteiger charge is -2.33. The van der Waals surface area contributed by atoms with Crippen LogP contribution in [0.2, 0.25) is 0 Å². The highest BCUT2D eigenvalue weighted by molar-refractivity contribution is 7.86. The van der Waals surface area contributed by atoms with E-state index in [0.29, 0.717) is 6.54 Å². The maximum atomic E-state index is 12.2.